The largest absolute Gasteiger partial charge is 0.367 e. The van der Waals surface area contributed by atoms with Crippen molar-refractivity contribution in [2.24, 2.45) is 0 Å². The van der Waals surface area contributed by atoms with Crippen LogP contribution < -0.4 is 10.6 Å². The van der Waals surface area contributed by atoms with Crippen molar-refractivity contribution in [3.63, 3.8) is 0 Å². The van der Waals surface area contributed by atoms with Crippen LogP contribution in [0.15, 0.2) is 17.5 Å². The molecule has 5 heteroatoms. The molecule has 1 amide bonds. The summed E-state index contributed by atoms with van der Waals surface area (Å²) in [6, 6.07) is 4.42. The molecule has 0 aliphatic carbocycles. The van der Waals surface area contributed by atoms with Crippen molar-refractivity contribution in [2.75, 3.05) is 11.9 Å². The van der Waals surface area contributed by atoms with Gasteiger partial charge in [0, 0.05) is 34.8 Å². The van der Waals surface area contributed by atoms with Crippen LogP contribution in [0.2, 0.25) is 0 Å². The third-order valence-corrected chi connectivity index (χ3v) is 4.04. The smallest absolute Gasteiger partial charge is 0.220 e. The van der Waals surface area contributed by atoms with Crippen LogP contribution in [0.25, 0.3) is 10.1 Å². The Bertz CT molecular complexity index is 593. The van der Waals surface area contributed by atoms with E-state index < -0.39 is 0 Å². The second-order valence-corrected chi connectivity index (χ2v) is 5.58. The number of aryl methyl sites for hydroxylation is 1. The normalized spacial score (nSPS) is 19.2. The summed E-state index contributed by atoms with van der Waals surface area (Å²) < 4.78 is 1.25. The predicted octanol–water partition coefficient (Wildman–Crippen LogP) is 2.30. The summed E-state index contributed by atoms with van der Waals surface area (Å²) in [5.41, 5.74) is 1.02. The molecule has 1 atom stereocenters. The van der Waals surface area contributed by atoms with Gasteiger partial charge in [-0.25, -0.2) is 4.98 Å². The molecule has 0 radical (unpaired) electrons. The van der Waals surface area contributed by atoms with Gasteiger partial charge in [0.05, 0.1) is 0 Å². The Labute approximate surface area is 109 Å². The Balaban J connectivity index is 1.77. The Hall–Kier alpha value is -1.62. The Kier molecular flexibility index (Phi) is 2.91. The molecular weight excluding hydrogens is 246 g/mol. The summed E-state index contributed by atoms with van der Waals surface area (Å²) in [6.45, 7) is 2.74. The average Bonchev–Trinajstić information content (AvgIpc) is 2.94. The lowest BCUT2D eigenvalue weighted by Crippen LogP contribution is -2.32. The maximum absolute atomic E-state index is 11.1. The van der Waals surface area contributed by atoms with E-state index in [9.17, 15) is 4.79 Å². The molecule has 1 fully saturated rings. The quantitative estimate of drug-likeness (QED) is 0.891. The molecule has 4 nitrogen and oxygen atoms in total. The van der Waals surface area contributed by atoms with Crippen molar-refractivity contribution < 1.29 is 4.79 Å². The number of hydrogen-bond acceptors (Lipinski definition) is 4. The lowest BCUT2D eigenvalue weighted by atomic mass is 10.2. The van der Waals surface area contributed by atoms with Crippen LogP contribution >= 0.6 is 11.3 Å². The van der Waals surface area contributed by atoms with Crippen LogP contribution in [0, 0.1) is 6.92 Å². The highest BCUT2D eigenvalue weighted by atomic mass is 32.1. The molecule has 0 unspecified atom stereocenters. The van der Waals surface area contributed by atoms with Crippen LogP contribution in [-0.2, 0) is 4.79 Å². The third-order valence-electron chi connectivity index (χ3n) is 3.18. The maximum atomic E-state index is 11.1. The molecule has 0 saturated carbocycles. The van der Waals surface area contributed by atoms with Gasteiger partial charge in [-0.05, 0) is 30.9 Å². The van der Waals surface area contributed by atoms with Crippen LogP contribution in [0.3, 0.4) is 0 Å². The molecule has 3 heterocycles. The molecule has 0 spiro atoms. The monoisotopic (exact) mass is 261 g/mol. The Morgan fingerprint density at radius 2 is 2.50 bits per heavy atom. The number of pyridine rings is 1. The van der Waals surface area contributed by atoms with Gasteiger partial charge in [-0.3, -0.25) is 4.79 Å². The van der Waals surface area contributed by atoms with Gasteiger partial charge in [-0.15, -0.1) is 11.3 Å². The minimum atomic E-state index is 0.152. The number of anilines is 1. The zero-order valence-corrected chi connectivity index (χ0v) is 11.0. The van der Waals surface area contributed by atoms with Gasteiger partial charge >= 0.3 is 0 Å². The molecular formula is C13H15N3OS. The summed E-state index contributed by atoms with van der Waals surface area (Å²) in [6.07, 6.45) is 1.55. The number of nitrogens with one attached hydrogen (secondary N) is 2. The second-order valence-electron chi connectivity index (χ2n) is 4.63. The van der Waals surface area contributed by atoms with E-state index in [0.29, 0.717) is 6.42 Å². The molecule has 2 aromatic rings. The first-order valence-corrected chi connectivity index (χ1v) is 6.98. The molecule has 1 aliphatic heterocycles. The predicted molar refractivity (Wildman–Crippen MR) is 74.0 cm³/mol. The van der Waals surface area contributed by atoms with Crippen molar-refractivity contribution >= 4 is 33.1 Å². The zero-order valence-electron chi connectivity index (χ0n) is 10.2. The summed E-state index contributed by atoms with van der Waals surface area (Å²) in [5, 5.41) is 9.55. The first-order chi connectivity index (χ1) is 8.72. The Morgan fingerprint density at radius 1 is 1.61 bits per heavy atom. The van der Waals surface area contributed by atoms with Crippen molar-refractivity contribution in [3.8, 4) is 0 Å². The van der Waals surface area contributed by atoms with Crippen LogP contribution in [0.5, 0.6) is 0 Å². The third kappa shape index (κ3) is 2.18. The standard InChI is InChI=1S/C13H15N3OS/c1-8-6-11-10(4-5-18-11)13(15-8)14-7-9-2-3-12(17)16-9/h4-6,9H,2-3,7H2,1H3,(H,14,15)(H,16,17)/t9-/m0/s1. The van der Waals surface area contributed by atoms with Gasteiger partial charge in [0.2, 0.25) is 5.91 Å². The van der Waals surface area contributed by atoms with Gasteiger partial charge < -0.3 is 10.6 Å². The summed E-state index contributed by atoms with van der Waals surface area (Å²) in [7, 11) is 0. The number of nitrogens with zero attached hydrogens (tertiary/aromatic N) is 1. The maximum Gasteiger partial charge on any atom is 0.220 e. The number of rotatable bonds is 3. The van der Waals surface area contributed by atoms with E-state index in [-0.39, 0.29) is 11.9 Å². The van der Waals surface area contributed by atoms with E-state index in [1.807, 2.05) is 6.92 Å². The van der Waals surface area contributed by atoms with Gasteiger partial charge in [0.15, 0.2) is 0 Å². The number of fused-ring (bicyclic) bond motifs is 1. The molecule has 0 aromatic carbocycles. The van der Waals surface area contributed by atoms with Crippen LogP contribution in [0.4, 0.5) is 5.82 Å². The highest BCUT2D eigenvalue weighted by Crippen LogP contribution is 2.27. The molecule has 94 valence electrons. The van der Waals surface area contributed by atoms with E-state index in [0.717, 1.165) is 29.9 Å². The second kappa shape index (κ2) is 4.57. The fourth-order valence-electron chi connectivity index (χ4n) is 2.27. The van der Waals surface area contributed by atoms with Crippen LogP contribution in [-0.4, -0.2) is 23.5 Å². The summed E-state index contributed by atoms with van der Waals surface area (Å²) in [4.78, 5) is 15.7. The van der Waals surface area contributed by atoms with E-state index >= 15 is 0 Å². The van der Waals surface area contributed by atoms with E-state index in [2.05, 4.69) is 33.1 Å². The first kappa shape index (κ1) is 11.5. The molecule has 1 aliphatic rings. The number of carbonyl (C=O) groups excluding carboxylic acids is 1. The molecule has 2 N–H and O–H groups in total. The van der Waals surface area contributed by atoms with Crippen molar-refractivity contribution in [2.45, 2.75) is 25.8 Å². The lowest BCUT2D eigenvalue weighted by Gasteiger charge is -2.13. The number of aromatic nitrogens is 1. The van der Waals surface area contributed by atoms with E-state index in [1.165, 1.54) is 4.70 Å². The molecule has 2 aromatic heterocycles. The minimum absolute atomic E-state index is 0.152. The van der Waals surface area contributed by atoms with Crippen molar-refractivity contribution in [3.05, 3.63) is 23.2 Å². The highest BCUT2D eigenvalue weighted by molar-refractivity contribution is 7.17. The summed E-state index contributed by atoms with van der Waals surface area (Å²) >= 11 is 1.72. The Morgan fingerprint density at radius 3 is 3.28 bits per heavy atom. The van der Waals surface area contributed by atoms with E-state index in [4.69, 9.17) is 0 Å². The fourth-order valence-corrected chi connectivity index (χ4v) is 3.15. The molecule has 18 heavy (non-hydrogen) atoms. The van der Waals surface area contributed by atoms with Gasteiger partial charge in [0.1, 0.15) is 5.82 Å². The SMILES string of the molecule is Cc1cc2sccc2c(NC[C@@H]2CCC(=O)N2)n1. The lowest BCUT2D eigenvalue weighted by molar-refractivity contribution is -0.119. The molecule has 0 bridgehead atoms. The average molecular weight is 261 g/mol. The first-order valence-electron chi connectivity index (χ1n) is 6.10. The van der Waals surface area contributed by atoms with Crippen LogP contribution in [0.1, 0.15) is 18.5 Å². The topological polar surface area (TPSA) is 54.0 Å². The fraction of sp³-hybridized carbons (Fsp3) is 0.385. The van der Waals surface area contributed by atoms with E-state index in [1.54, 1.807) is 11.3 Å². The van der Waals surface area contributed by atoms with Gasteiger partial charge in [-0.1, -0.05) is 0 Å². The number of hydrogen-bond donors (Lipinski definition) is 2. The molecule has 3 rings (SSSR count). The number of thiophene rings is 1. The molecule has 1 saturated heterocycles. The van der Waals surface area contributed by atoms with Gasteiger partial charge in [-0.2, -0.15) is 0 Å². The van der Waals surface area contributed by atoms with Crippen molar-refractivity contribution in [1.82, 2.24) is 10.3 Å². The highest BCUT2D eigenvalue weighted by Gasteiger charge is 2.20. The van der Waals surface area contributed by atoms with Crippen molar-refractivity contribution in [1.29, 1.82) is 0 Å². The number of carbonyl (C=O) groups is 1. The summed E-state index contributed by atoms with van der Waals surface area (Å²) in [5.74, 6) is 1.08. The van der Waals surface area contributed by atoms with Gasteiger partial charge in [0.25, 0.3) is 0 Å². The minimum Gasteiger partial charge on any atom is -0.367 e. The number of amides is 1. The zero-order chi connectivity index (χ0) is 12.5.